The molecule has 2 amide bonds. The number of methoxy groups -OCH3 is 1. The Kier molecular flexibility index (Phi) is 6.50. The van der Waals surface area contributed by atoms with Crippen LogP contribution in [0.15, 0.2) is 71.6 Å². The van der Waals surface area contributed by atoms with Gasteiger partial charge in [0.2, 0.25) is 0 Å². The van der Waals surface area contributed by atoms with Crippen molar-refractivity contribution in [3.63, 3.8) is 0 Å². The summed E-state index contributed by atoms with van der Waals surface area (Å²) in [5, 5.41) is 5.49. The van der Waals surface area contributed by atoms with Gasteiger partial charge in [-0.25, -0.2) is 17.6 Å². The molecular weight excluding hydrogens is 445 g/mol. The monoisotopic (exact) mass is 469 g/mol. The van der Waals surface area contributed by atoms with E-state index in [0.717, 1.165) is 11.1 Å². The molecule has 0 unspecified atom stereocenters. The minimum absolute atomic E-state index is 0.193. The van der Waals surface area contributed by atoms with Crippen molar-refractivity contribution in [3.8, 4) is 5.75 Å². The number of ether oxygens (including phenoxy) is 1. The molecule has 1 heterocycles. The Hall–Kier alpha value is -3.59. The maximum Gasteiger partial charge on any atom is 0.319 e. The Balaban J connectivity index is 1.47. The molecule has 2 N–H and O–H groups in total. The smallest absolute Gasteiger partial charge is 0.319 e. The number of nitrogens with zero attached hydrogens (tertiary/aromatic N) is 1. The summed E-state index contributed by atoms with van der Waals surface area (Å²) in [5.74, 6) is 0.252. The van der Waals surface area contributed by atoms with Crippen molar-refractivity contribution in [2.24, 2.45) is 0 Å². The average molecular weight is 470 g/mol. The lowest BCUT2D eigenvalue weighted by atomic mass is 10.0. The van der Waals surface area contributed by atoms with Gasteiger partial charge >= 0.3 is 6.03 Å². The fourth-order valence-corrected chi connectivity index (χ4v) is 5.27. The lowest BCUT2D eigenvalue weighted by molar-refractivity contribution is 0.251. The minimum atomic E-state index is -3.73. The number of fused-ring (bicyclic) bond motifs is 1. The number of aryl methyl sites for hydroxylation is 1. The van der Waals surface area contributed by atoms with E-state index in [0.29, 0.717) is 36.5 Å². The second-order valence-electron chi connectivity index (χ2n) is 7.63. The van der Waals surface area contributed by atoms with E-state index in [1.165, 1.54) is 35.7 Å². The first-order chi connectivity index (χ1) is 15.9. The van der Waals surface area contributed by atoms with Crippen molar-refractivity contribution in [2.45, 2.75) is 24.3 Å². The molecule has 0 radical (unpaired) electrons. The van der Waals surface area contributed by atoms with Crippen molar-refractivity contribution in [1.29, 1.82) is 0 Å². The SMILES string of the molecule is COc1ccc(S(=O)(=O)N2CCCc3cc(NC(=O)NCc4ccc(F)cc4)ccc32)cc1. The van der Waals surface area contributed by atoms with E-state index in [2.05, 4.69) is 10.6 Å². The minimum Gasteiger partial charge on any atom is -0.497 e. The Bertz CT molecular complexity index is 1250. The standard InChI is InChI=1S/C24H24FN3O4S/c1-32-21-9-11-22(12-10-21)33(30,31)28-14-2-3-18-15-20(8-13-23(18)28)27-24(29)26-16-17-4-6-19(25)7-5-17/h4-13,15H,2-3,14,16H2,1H3,(H2,26,27,29). The van der Waals surface area contributed by atoms with Crippen LogP contribution in [-0.4, -0.2) is 28.1 Å². The zero-order valence-electron chi connectivity index (χ0n) is 18.0. The Morgan fingerprint density at radius 1 is 1.06 bits per heavy atom. The molecule has 172 valence electrons. The van der Waals surface area contributed by atoms with Gasteiger partial charge in [-0.05, 0) is 78.6 Å². The van der Waals surface area contributed by atoms with Crippen LogP contribution in [0, 0.1) is 5.82 Å². The van der Waals surface area contributed by atoms with Crippen LogP contribution in [0.25, 0.3) is 0 Å². The summed E-state index contributed by atoms with van der Waals surface area (Å²) in [6.45, 7) is 0.636. The van der Waals surface area contributed by atoms with Crippen LogP contribution in [0.3, 0.4) is 0 Å². The molecule has 0 bridgehead atoms. The van der Waals surface area contributed by atoms with Crippen molar-refractivity contribution in [2.75, 3.05) is 23.3 Å². The van der Waals surface area contributed by atoms with Crippen LogP contribution in [0.2, 0.25) is 0 Å². The quantitative estimate of drug-likeness (QED) is 0.564. The molecule has 3 aromatic carbocycles. The molecule has 0 aliphatic carbocycles. The summed E-state index contributed by atoms with van der Waals surface area (Å²) in [6, 6.07) is 17.0. The van der Waals surface area contributed by atoms with E-state index in [1.807, 2.05) is 0 Å². The molecule has 1 aliphatic heterocycles. The van der Waals surface area contributed by atoms with Crippen molar-refractivity contribution in [1.82, 2.24) is 5.32 Å². The Morgan fingerprint density at radius 2 is 1.79 bits per heavy atom. The predicted octanol–water partition coefficient (Wildman–Crippen LogP) is 4.30. The van der Waals surface area contributed by atoms with Crippen LogP contribution in [0.4, 0.5) is 20.6 Å². The number of carbonyl (C=O) groups excluding carboxylic acids is 1. The molecule has 4 rings (SSSR count). The Morgan fingerprint density at radius 3 is 2.48 bits per heavy atom. The third-order valence-corrected chi connectivity index (χ3v) is 7.25. The average Bonchev–Trinajstić information content (AvgIpc) is 2.83. The molecular formula is C24H24FN3O4S. The first-order valence-corrected chi connectivity index (χ1v) is 11.9. The number of hydrogen-bond acceptors (Lipinski definition) is 4. The number of hydrogen-bond donors (Lipinski definition) is 2. The van der Waals surface area contributed by atoms with E-state index in [4.69, 9.17) is 4.74 Å². The van der Waals surface area contributed by atoms with Crippen molar-refractivity contribution in [3.05, 3.63) is 83.7 Å². The summed E-state index contributed by atoms with van der Waals surface area (Å²) in [7, 11) is -2.20. The van der Waals surface area contributed by atoms with Gasteiger partial charge in [0.05, 0.1) is 17.7 Å². The van der Waals surface area contributed by atoms with Gasteiger partial charge in [0.25, 0.3) is 10.0 Å². The first kappa shape index (κ1) is 22.6. The van der Waals surface area contributed by atoms with Gasteiger partial charge in [0, 0.05) is 18.8 Å². The zero-order chi connectivity index (χ0) is 23.4. The number of benzene rings is 3. The fourth-order valence-electron chi connectivity index (χ4n) is 3.72. The summed E-state index contributed by atoms with van der Waals surface area (Å²) in [5.41, 5.74) is 2.79. The van der Waals surface area contributed by atoms with Gasteiger partial charge in [-0.15, -0.1) is 0 Å². The summed E-state index contributed by atoms with van der Waals surface area (Å²) >= 11 is 0. The van der Waals surface area contributed by atoms with Gasteiger partial charge in [-0.3, -0.25) is 4.31 Å². The number of urea groups is 1. The largest absolute Gasteiger partial charge is 0.497 e. The van der Waals surface area contributed by atoms with Gasteiger partial charge in [0.15, 0.2) is 0 Å². The van der Waals surface area contributed by atoms with Gasteiger partial charge in [-0.1, -0.05) is 12.1 Å². The highest BCUT2D eigenvalue weighted by molar-refractivity contribution is 7.92. The second kappa shape index (κ2) is 9.50. The maximum atomic E-state index is 13.2. The zero-order valence-corrected chi connectivity index (χ0v) is 18.9. The van der Waals surface area contributed by atoms with Crippen LogP contribution in [-0.2, 0) is 23.0 Å². The normalized spacial score (nSPS) is 13.2. The maximum absolute atomic E-state index is 13.2. The number of sulfonamides is 1. The number of amides is 2. The molecule has 0 atom stereocenters. The first-order valence-electron chi connectivity index (χ1n) is 10.5. The van der Waals surface area contributed by atoms with E-state index in [1.54, 1.807) is 42.5 Å². The molecule has 0 saturated heterocycles. The van der Waals surface area contributed by atoms with Gasteiger partial charge < -0.3 is 15.4 Å². The summed E-state index contributed by atoms with van der Waals surface area (Å²) in [4.78, 5) is 12.5. The fraction of sp³-hybridized carbons (Fsp3) is 0.208. The number of anilines is 2. The highest BCUT2D eigenvalue weighted by atomic mass is 32.2. The third-order valence-electron chi connectivity index (χ3n) is 5.43. The molecule has 9 heteroatoms. The van der Waals surface area contributed by atoms with Gasteiger partial charge in [-0.2, -0.15) is 0 Å². The molecule has 33 heavy (non-hydrogen) atoms. The highest BCUT2D eigenvalue weighted by Crippen LogP contribution is 2.34. The molecule has 0 aromatic heterocycles. The van der Waals surface area contributed by atoms with Gasteiger partial charge in [0.1, 0.15) is 11.6 Å². The van der Waals surface area contributed by atoms with Crippen LogP contribution >= 0.6 is 0 Å². The topological polar surface area (TPSA) is 87.7 Å². The van der Waals surface area contributed by atoms with E-state index < -0.39 is 16.1 Å². The predicted molar refractivity (Wildman–Crippen MR) is 125 cm³/mol. The van der Waals surface area contributed by atoms with Crippen molar-refractivity contribution < 1.29 is 22.3 Å². The summed E-state index contributed by atoms with van der Waals surface area (Å²) in [6.07, 6.45) is 1.37. The highest BCUT2D eigenvalue weighted by Gasteiger charge is 2.29. The molecule has 3 aromatic rings. The molecule has 0 saturated carbocycles. The lowest BCUT2D eigenvalue weighted by Crippen LogP contribution is -2.35. The number of rotatable bonds is 6. The third kappa shape index (κ3) is 5.09. The number of nitrogens with one attached hydrogen (secondary N) is 2. The van der Waals surface area contributed by atoms with E-state index in [-0.39, 0.29) is 17.3 Å². The van der Waals surface area contributed by atoms with E-state index in [9.17, 15) is 17.6 Å². The number of carbonyl (C=O) groups is 1. The molecule has 1 aliphatic rings. The summed E-state index contributed by atoms with van der Waals surface area (Å²) < 4.78 is 46.0. The second-order valence-corrected chi connectivity index (χ2v) is 9.50. The molecule has 0 spiro atoms. The van der Waals surface area contributed by atoms with Crippen molar-refractivity contribution >= 4 is 27.4 Å². The molecule has 7 nitrogen and oxygen atoms in total. The lowest BCUT2D eigenvalue weighted by Gasteiger charge is -2.31. The van der Waals surface area contributed by atoms with Crippen LogP contribution in [0.5, 0.6) is 5.75 Å². The van der Waals surface area contributed by atoms with Crippen LogP contribution in [0.1, 0.15) is 17.5 Å². The number of halogens is 1. The Labute approximate surface area is 192 Å². The van der Waals surface area contributed by atoms with E-state index >= 15 is 0 Å². The van der Waals surface area contributed by atoms with Crippen LogP contribution < -0.4 is 19.7 Å². The molecule has 0 fully saturated rings.